The lowest BCUT2D eigenvalue weighted by molar-refractivity contribution is -0.137. The van der Waals surface area contributed by atoms with Crippen LogP contribution in [0.1, 0.15) is 33.6 Å². The highest BCUT2D eigenvalue weighted by molar-refractivity contribution is 5.90. The van der Waals surface area contributed by atoms with E-state index in [4.69, 9.17) is 4.74 Å². The molecule has 0 radical (unpaired) electrons. The molecule has 0 spiro atoms. The number of carbonyl (C=O) groups is 3. The molecule has 9 heteroatoms. The van der Waals surface area contributed by atoms with E-state index in [1.165, 1.54) is 29.2 Å². The van der Waals surface area contributed by atoms with Gasteiger partial charge in [0.25, 0.3) is 0 Å². The maximum atomic E-state index is 13.0. The van der Waals surface area contributed by atoms with Crippen molar-refractivity contribution in [2.75, 3.05) is 38.0 Å². The van der Waals surface area contributed by atoms with Crippen molar-refractivity contribution in [3.8, 4) is 0 Å². The first-order valence-electron chi connectivity index (χ1n) is 10.2. The third-order valence-corrected chi connectivity index (χ3v) is 5.14. The third-order valence-electron chi connectivity index (χ3n) is 5.14. The van der Waals surface area contributed by atoms with Crippen molar-refractivity contribution in [3.63, 3.8) is 0 Å². The summed E-state index contributed by atoms with van der Waals surface area (Å²) in [5.41, 5.74) is -0.101. The van der Waals surface area contributed by atoms with Crippen LogP contribution in [0.15, 0.2) is 24.3 Å². The predicted octanol–water partition coefficient (Wildman–Crippen LogP) is 2.90. The lowest BCUT2D eigenvalue weighted by Gasteiger charge is -2.37. The zero-order valence-electron chi connectivity index (χ0n) is 17.7. The standard InChI is InChI=1S/C21H29FN4O4/c1-21(2,3)30-20(29)26-10-4-5-17(26)18(27)24-11-13-25(14-12-24)19(28)23-16-8-6-15(22)7-9-16/h6-9,17H,4-5,10-14H2,1-3H3,(H,23,28)/t17-/m1/s1. The van der Waals surface area contributed by atoms with Crippen LogP contribution in [0.3, 0.4) is 0 Å². The number of benzene rings is 1. The van der Waals surface area contributed by atoms with Gasteiger partial charge in [0.1, 0.15) is 17.5 Å². The van der Waals surface area contributed by atoms with Crippen LogP contribution in [0.2, 0.25) is 0 Å². The van der Waals surface area contributed by atoms with E-state index in [1.807, 2.05) is 0 Å². The highest BCUT2D eigenvalue weighted by Crippen LogP contribution is 2.23. The second-order valence-corrected chi connectivity index (χ2v) is 8.58. The van der Waals surface area contributed by atoms with Gasteiger partial charge >= 0.3 is 12.1 Å². The van der Waals surface area contributed by atoms with Gasteiger partial charge < -0.3 is 19.9 Å². The Bertz CT molecular complexity index is 785. The predicted molar refractivity (Wildman–Crippen MR) is 110 cm³/mol. The van der Waals surface area contributed by atoms with Gasteiger partial charge in [0.15, 0.2) is 0 Å². The Hall–Kier alpha value is -2.84. The number of anilines is 1. The van der Waals surface area contributed by atoms with Crippen LogP contribution in [0.5, 0.6) is 0 Å². The fourth-order valence-electron chi connectivity index (χ4n) is 3.64. The van der Waals surface area contributed by atoms with Crippen LogP contribution in [-0.4, -0.2) is 77.1 Å². The Morgan fingerprint density at radius 2 is 1.60 bits per heavy atom. The Balaban J connectivity index is 1.52. The molecule has 0 aromatic heterocycles. The molecule has 2 fully saturated rings. The van der Waals surface area contributed by atoms with Crippen molar-refractivity contribution in [1.82, 2.24) is 14.7 Å². The Morgan fingerprint density at radius 3 is 2.20 bits per heavy atom. The van der Waals surface area contributed by atoms with Crippen molar-refractivity contribution in [3.05, 3.63) is 30.1 Å². The van der Waals surface area contributed by atoms with Crippen LogP contribution < -0.4 is 5.32 Å². The number of likely N-dealkylation sites (tertiary alicyclic amines) is 1. The first-order valence-corrected chi connectivity index (χ1v) is 10.2. The molecule has 164 valence electrons. The first-order chi connectivity index (χ1) is 14.1. The Morgan fingerprint density at radius 1 is 1.00 bits per heavy atom. The molecule has 0 unspecified atom stereocenters. The number of piperazine rings is 1. The quantitative estimate of drug-likeness (QED) is 0.798. The minimum atomic E-state index is -0.614. The van der Waals surface area contributed by atoms with Gasteiger partial charge in [0, 0.05) is 38.4 Å². The van der Waals surface area contributed by atoms with Gasteiger partial charge in [-0.2, -0.15) is 0 Å². The maximum Gasteiger partial charge on any atom is 0.410 e. The summed E-state index contributed by atoms with van der Waals surface area (Å²) in [4.78, 5) is 42.7. The highest BCUT2D eigenvalue weighted by atomic mass is 19.1. The van der Waals surface area contributed by atoms with Crippen LogP contribution in [-0.2, 0) is 9.53 Å². The van der Waals surface area contributed by atoms with E-state index >= 15 is 0 Å². The molecule has 3 rings (SSSR count). The molecule has 0 aliphatic carbocycles. The van der Waals surface area contributed by atoms with Crippen molar-refractivity contribution >= 4 is 23.7 Å². The molecule has 2 saturated heterocycles. The number of amides is 4. The second kappa shape index (κ2) is 8.89. The summed E-state index contributed by atoms with van der Waals surface area (Å²) in [6.45, 7) is 7.47. The van der Waals surface area contributed by atoms with E-state index in [9.17, 15) is 18.8 Å². The number of urea groups is 1. The summed E-state index contributed by atoms with van der Waals surface area (Å²) in [6.07, 6.45) is 0.912. The molecule has 8 nitrogen and oxygen atoms in total. The Kier molecular flexibility index (Phi) is 6.48. The molecule has 0 bridgehead atoms. The van der Waals surface area contributed by atoms with Gasteiger partial charge in [-0.25, -0.2) is 14.0 Å². The van der Waals surface area contributed by atoms with E-state index in [1.54, 1.807) is 30.6 Å². The summed E-state index contributed by atoms with van der Waals surface area (Å²) in [7, 11) is 0. The molecule has 4 amide bonds. The fraction of sp³-hybridized carbons (Fsp3) is 0.571. The summed E-state index contributed by atoms with van der Waals surface area (Å²) in [5.74, 6) is -0.468. The minimum absolute atomic E-state index is 0.100. The van der Waals surface area contributed by atoms with E-state index in [-0.39, 0.29) is 17.8 Å². The SMILES string of the molecule is CC(C)(C)OC(=O)N1CCC[C@@H]1C(=O)N1CCN(C(=O)Nc2ccc(F)cc2)CC1. The molecular weight excluding hydrogens is 391 g/mol. The normalized spacial score (nSPS) is 19.6. The molecule has 30 heavy (non-hydrogen) atoms. The topological polar surface area (TPSA) is 82.2 Å². The van der Waals surface area contributed by atoms with Gasteiger partial charge in [-0.15, -0.1) is 0 Å². The average Bonchev–Trinajstić information content (AvgIpc) is 3.18. The van der Waals surface area contributed by atoms with E-state index < -0.39 is 17.7 Å². The van der Waals surface area contributed by atoms with Gasteiger partial charge in [-0.3, -0.25) is 9.69 Å². The summed E-state index contributed by atoms with van der Waals surface area (Å²) < 4.78 is 18.4. The number of nitrogens with one attached hydrogen (secondary N) is 1. The van der Waals surface area contributed by atoms with Crippen molar-refractivity contribution in [1.29, 1.82) is 0 Å². The van der Waals surface area contributed by atoms with Gasteiger partial charge in [-0.05, 0) is 57.9 Å². The molecular formula is C21H29FN4O4. The van der Waals surface area contributed by atoms with E-state index in [2.05, 4.69) is 5.32 Å². The van der Waals surface area contributed by atoms with Gasteiger partial charge in [0.2, 0.25) is 5.91 Å². The molecule has 2 aliphatic rings. The lowest BCUT2D eigenvalue weighted by Crippen LogP contribution is -2.56. The summed E-state index contributed by atoms with van der Waals surface area (Å²) >= 11 is 0. The average molecular weight is 420 g/mol. The number of halogens is 1. The van der Waals surface area contributed by atoms with E-state index in [0.29, 0.717) is 44.8 Å². The lowest BCUT2D eigenvalue weighted by atomic mass is 10.1. The molecule has 2 aliphatic heterocycles. The molecule has 0 saturated carbocycles. The summed E-state index contributed by atoms with van der Waals surface area (Å²) in [5, 5.41) is 2.73. The summed E-state index contributed by atoms with van der Waals surface area (Å²) in [6, 6.07) is 4.76. The maximum absolute atomic E-state index is 13.0. The highest BCUT2D eigenvalue weighted by Gasteiger charge is 2.39. The Labute approximate surface area is 175 Å². The number of hydrogen-bond acceptors (Lipinski definition) is 4. The molecule has 2 heterocycles. The number of carbonyl (C=O) groups excluding carboxylic acids is 3. The largest absolute Gasteiger partial charge is 0.444 e. The van der Waals surface area contributed by atoms with Crippen molar-refractivity contribution in [2.45, 2.75) is 45.3 Å². The molecule has 1 N–H and O–H groups in total. The van der Waals surface area contributed by atoms with Crippen LogP contribution in [0.4, 0.5) is 19.7 Å². The minimum Gasteiger partial charge on any atom is -0.444 e. The number of rotatable bonds is 2. The molecule has 1 aromatic carbocycles. The zero-order valence-corrected chi connectivity index (χ0v) is 17.7. The number of hydrogen-bond donors (Lipinski definition) is 1. The van der Waals surface area contributed by atoms with E-state index in [0.717, 1.165) is 6.42 Å². The van der Waals surface area contributed by atoms with Gasteiger partial charge in [-0.1, -0.05) is 0 Å². The number of nitrogens with zero attached hydrogens (tertiary/aromatic N) is 3. The molecule has 1 aromatic rings. The monoisotopic (exact) mass is 420 g/mol. The second-order valence-electron chi connectivity index (χ2n) is 8.58. The van der Waals surface area contributed by atoms with Crippen molar-refractivity contribution < 1.29 is 23.5 Å². The zero-order chi connectivity index (χ0) is 21.9. The first kappa shape index (κ1) is 21.9. The number of ether oxygens (including phenoxy) is 1. The van der Waals surface area contributed by atoms with Crippen molar-refractivity contribution in [2.24, 2.45) is 0 Å². The van der Waals surface area contributed by atoms with Crippen LogP contribution in [0.25, 0.3) is 0 Å². The fourth-order valence-corrected chi connectivity index (χ4v) is 3.64. The van der Waals surface area contributed by atoms with Crippen LogP contribution in [0, 0.1) is 5.82 Å². The molecule has 1 atom stereocenters. The van der Waals surface area contributed by atoms with Crippen LogP contribution >= 0.6 is 0 Å². The van der Waals surface area contributed by atoms with Gasteiger partial charge in [0.05, 0.1) is 0 Å². The smallest absolute Gasteiger partial charge is 0.410 e. The third kappa shape index (κ3) is 5.40.